The minimum Gasteiger partial charge on any atom is -0.447 e. The summed E-state index contributed by atoms with van der Waals surface area (Å²) in [5, 5.41) is 8.69. The fourth-order valence-electron chi connectivity index (χ4n) is 1.77. The van der Waals surface area contributed by atoms with Gasteiger partial charge >= 0.3 is 6.09 Å². The Morgan fingerprint density at radius 1 is 1.50 bits per heavy atom. The molecule has 16 heavy (non-hydrogen) atoms. The number of cyclic esters (lactones) is 1. The third kappa shape index (κ3) is 1.72. The fraction of sp³-hybridized carbons (Fsp3) is 0.333. The summed E-state index contributed by atoms with van der Waals surface area (Å²) in [7, 11) is 0. The molecule has 1 fully saturated rings. The van der Waals surface area contributed by atoms with Crippen LogP contribution in [0, 0.1) is 11.3 Å². The maximum atomic E-state index is 11.5. The summed E-state index contributed by atoms with van der Waals surface area (Å²) in [6.45, 7) is 2.46. The van der Waals surface area contributed by atoms with E-state index in [4.69, 9.17) is 10.00 Å². The van der Waals surface area contributed by atoms with Crippen molar-refractivity contribution >= 4 is 11.8 Å². The molecule has 1 atom stereocenters. The van der Waals surface area contributed by atoms with Gasteiger partial charge in [-0.15, -0.1) is 0 Å². The van der Waals surface area contributed by atoms with Crippen LogP contribution in [-0.4, -0.2) is 18.7 Å². The Hall–Kier alpha value is -2.02. The molecule has 1 amide bonds. The highest BCUT2D eigenvalue weighted by Crippen LogP contribution is 2.24. The van der Waals surface area contributed by atoms with Gasteiger partial charge in [-0.05, 0) is 30.7 Å². The van der Waals surface area contributed by atoms with Crippen LogP contribution in [0.2, 0.25) is 0 Å². The molecule has 82 valence electrons. The van der Waals surface area contributed by atoms with E-state index in [-0.39, 0.29) is 12.1 Å². The molecule has 0 radical (unpaired) electrons. The van der Waals surface area contributed by atoms with E-state index < -0.39 is 0 Å². The standard InChI is InChI=1S/C12H12N2O2/c1-2-10-8-16-12(15)14(10)11-5-3-9(7-13)4-6-11/h3-6,10H,2,8H2,1H3/t10-/m1/s1. The molecule has 1 aliphatic heterocycles. The summed E-state index contributed by atoms with van der Waals surface area (Å²) in [5.41, 5.74) is 1.37. The van der Waals surface area contributed by atoms with Gasteiger partial charge in [0.25, 0.3) is 0 Å². The number of carbonyl (C=O) groups excluding carboxylic acids is 1. The summed E-state index contributed by atoms with van der Waals surface area (Å²) in [4.78, 5) is 13.2. The predicted octanol–water partition coefficient (Wildman–Crippen LogP) is 2.29. The van der Waals surface area contributed by atoms with Crippen LogP contribution in [0.25, 0.3) is 0 Å². The van der Waals surface area contributed by atoms with Crippen molar-refractivity contribution in [2.75, 3.05) is 11.5 Å². The third-order valence-corrected chi connectivity index (χ3v) is 2.71. The smallest absolute Gasteiger partial charge is 0.414 e. The number of benzene rings is 1. The topological polar surface area (TPSA) is 53.3 Å². The van der Waals surface area contributed by atoms with Gasteiger partial charge in [0.15, 0.2) is 0 Å². The Bertz CT molecular complexity index is 433. The Labute approximate surface area is 94.0 Å². The quantitative estimate of drug-likeness (QED) is 0.762. The zero-order valence-electron chi connectivity index (χ0n) is 9.01. The first-order chi connectivity index (χ1) is 7.76. The number of nitrogens with zero attached hydrogens (tertiary/aromatic N) is 2. The van der Waals surface area contributed by atoms with Gasteiger partial charge in [-0.1, -0.05) is 6.92 Å². The van der Waals surface area contributed by atoms with Gasteiger partial charge < -0.3 is 4.74 Å². The molecule has 0 spiro atoms. The second-order valence-electron chi connectivity index (χ2n) is 3.67. The van der Waals surface area contributed by atoms with E-state index in [0.29, 0.717) is 12.2 Å². The molecule has 1 aliphatic rings. The number of carbonyl (C=O) groups is 1. The molecule has 1 heterocycles. The van der Waals surface area contributed by atoms with Gasteiger partial charge in [-0.25, -0.2) is 4.79 Å². The number of amides is 1. The lowest BCUT2D eigenvalue weighted by molar-refractivity contribution is 0.178. The number of nitriles is 1. The molecule has 1 saturated heterocycles. The van der Waals surface area contributed by atoms with Crippen LogP contribution in [0.15, 0.2) is 24.3 Å². The molecular weight excluding hydrogens is 204 g/mol. The zero-order chi connectivity index (χ0) is 11.5. The van der Waals surface area contributed by atoms with Crippen molar-refractivity contribution in [3.63, 3.8) is 0 Å². The van der Waals surface area contributed by atoms with E-state index in [1.807, 2.05) is 13.0 Å². The summed E-state index contributed by atoms with van der Waals surface area (Å²) in [6.07, 6.45) is 0.544. The van der Waals surface area contributed by atoms with E-state index in [2.05, 4.69) is 0 Å². The van der Waals surface area contributed by atoms with Crippen LogP contribution in [0.4, 0.5) is 10.5 Å². The average molecular weight is 216 g/mol. The Morgan fingerprint density at radius 2 is 2.19 bits per heavy atom. The normalized spacial score (nSPS) is 19.4. The lowest BCUT2D eigenvalue weighted by Crippen LogP contribution is -2.32. The second kappa shape index (κ2) is 4.23. The molecular formula is C12H12N2O2. The Kier molecular flexibility index (Phi) is 2.78. The van der Waals surface area contributed by atoms with Crippen LogP contribution in [0.3, 0.4) is 0 Å². The van der Waals surface area contributed by atoms with Crippen LogP contribution < -0.4 is 4.90 Å². The average Bonchev–Trinajstić information content (AvgIpc) is 2.70. The van der Waals surface area contributed by atoms with Crippen LogP contribution >= 0.6 is 0 Å². The van der Waals surface area contributed by atoms with Crippen molar-refractivity contribution in [2.24, 2.45) is 0 Å². The minimum absolute atomic E-state index is 0.0976. The van der Waals surface area contributed by atoms with E-state index in [0.717, 1.165) is 12.1 Å². The minimum atomic E-state index is -0.309. The van der Waals surface area contributed by atoms with Crippen LogP contribution in [0.1, 0.15) is 18.9 Å². The van der Waals surface area contributed by atoms with Crippen LogP contribution in [-0.2, 0) is 4.74 Å². The largest absolute Gasteiger partial charge is 0.447 e. The molecule has 0 aliphatic carbocycles. The summed E-state index contributed by atoms with van der Waals surface area (Å²) < 4.78 is 5.00. The molecule has 0 bridgehead atoms. The Morgan fingerprint density at radius 3 is 2.75 bits per heavy atom. The zero-order valence-corrected chi connectivity index (χ0v) is 9.01. The maximum Gasteiger partial charge on any atom is 0.414 e. The van der Waals surface area contributed by atoms with E-state index in [1.165, 1.54) is 0 Å². The molecule has 1 aromatic carbocycles. The molecule has 0 aromatic heterocycles. The molecule has 2 rings (SSSR count). The van der Waals surface area contributed by atoms with Crippen molar-refractivity contribution in [3.8, 4) is 6.07 Å². The first-order valence-electron chi connectivity index (χ1n) is 5.22. The lowest BCUT2D eigenvalue weighted by Gasteiger charge is -2.19. The van der Waals surface area contributed by atoms with Crippen molar-refractivity contribution in [3.05, 3.63) is 29.8 Å². The number of hydrogen-bond acceptors (Lipinski definition) is 3. The maximum absolute atomic E-state index is 11.5. The molecule has 0 N–H and O–H groups in total. The summed E-state index contributed by atoms with van der Waals surface area (Å²) in [6, 6.07) is 9.09. The number of ether oxygens (including phenoxy) is 1. The van der Waals surface area contributed by atoms with Crippen molar-refractivity contribution in [1.82, 2.24) is 0 Å². The highest BCUT2D eigenvalue weighted by atomic mass is 16.6. The predicted molar refractivity (Wildman–Crippen MR) is 59.1 cm³/mol. The van der Waals surface area contributed by atoms with Crippen molar-refractivity contribution < 1.29 is 9.53 Å². The first-order valence-corrected chi connectivity index (χ1v) is 5.22. The molecule has 4 nitrogen and oxygen atoms in total. The lowest BCUT2D eigenvalue weighted by atomic mass is 10.1. The first kappa shape index (κ1) is 10.5. The fourth-order valence-corrected chi connectivity index (χ4v) is 1.77. The third-order valence-electron chi connectivity index (χ3n) is 2.71. The molecule has 4 heteroatoms. The van der Waals surface area contributed by atoms with Gasteiger partial charge in [0.2, 0.25) is 0 Å². The van der Waals surface area contributed by atoms with Crippen molar-refractivity contribution in [2.45, 2.75) is 19.4 Å². The molecule has 0 unspecified atom stereocenters. The summed E-state index contributed by atoms with van der Waals surface area (Å²) >= 11 is 0. The SMILES string of the molecule is CC[C@@H]1COC(=O)N1c1ccc(C#N)cc1. The molecule has 1 aromatic rings. The van der Waals surface area contributed by atoms with E-state index in [1.54, 1.807) is 29.2 Å². The molecule has 0 saturated carbocycles. The highest BCUT2D eigenvalue weighted by Gasteiger charge is 2.32. The number of hydrogen-bond donors (Lipinski definition) is 0. The van der Waals surface area contributed by atoms with E-state index >= 15 is 0 Å². The van der Waals surface area contributed by atoms with E-state index in [9.17, 15) is 4.79 Å². The second-order valence-corrected chi connectivity index (χ2v) is 3.67. The van der Waals surface area contributed by atoms with Gasteiger partial charge in [0, 0.05) is 5.69 Å². The monoisotopic (exact) mass is 216 g/mol. The van der Waals surface area contributed by atoms with Gasteiger partial charge in [-0.2, -0.15) is 5.26 Å². The van der Waals surface area contributed by atoms with Crippen LogP contribution in [0.5, 0.6) is 0 Å². The van der Waals surface area contributed by atoms with Gasteiger partial charge in [0.1, 0.15) is 6.61 Å². The Balaban J connectivity index is 2.28. The van der Waals surface area contributed by atoms with Gasteiger partial charge in [0.05, 0.1) is 17.7 Å². The number of anilines is 1. The highest BCUT2D eigenvalue weighted by molar-refractivity contribution is 5.90. The summed E-state index contributed by atoms with van der Waals surface area (Å²) in [5.74, 6) is 0. The number of rotatable bonds is 2. The van der Waals surface area contributed by atoms with Crippen molar-refractivity contribution in [1.29, 1.82) is 5.26 Å². The van der Waals surface area contributed by atoms with Gasteiger partial charge in [-0.3, -0.25) is 4.90 Å².